The fourth-order valence-corrected chi connectivity index (χ4v) is 2.64. The van der Waals surface area contributed by atoms with Gasteiger partial charge in [0, 0.05) is 23.8 Å². The van der Waals surface area contributed by atoms with Gasteiger partial charge in [0.25, 0.3) is 0 Å². The van der Waals surface area contributed by atoms with Crippen molar-refractivity contribution in [2.45, 2.75) is 12.8 Å². The van der Waals surface area contributed by atoms with Crippen molar-refractivity contribution < 1.29 is 57.5 Å². The summed E-state index contributed by atoms with van der Waals surface area (Å²) in [5.41, 5.74) is 0. The second kappa shape index (κ2) is 5.98. The molecule has 0 spiro atoms. The van der Waals surface area contributed by atoms with Crippen molar-refractivity contribution in [1.82, 2.24) is 0 Å². The average Bonchev–Trinajstić information content (AvgIpc) is 2.17. The largest absolute Gasteiger partial charge is 1.00 e. The van der Waals surface area contributed by atoms with E-state index in [9.17, 15) is 19.8 Å². The van der Waals surface area contributed by atoms with E-state index in [0.717, 1.165) is 12.8 Å². The van der Waals surface area contributed by atoms with Gasteiger partial charge in [-0.05, 0) is 24.7 Å². The Hall–Kier alpha value is -0.125. The van der Waals surface area contributed by atoms with E-state index in [0.29, 0.717) is 0 Å². The summed E-state index contributed by atoms with van der Waals surface area (Å²) in [4.78, 5) is 21.6. The summed E-state index contributed by atoms with van der Waals surface area (Å²) in [5.74, 6) is -4.70. The number of fused-ring (bicyclic) bond motifs is 2. The zero-order valence-electron chi connectivity index (χ0n) is 9.51. The summed E-state index contributed by atoms with van der Waals surface area (Å²) in [5, 5.41) is 21.6. The van der Waals surface area contributed by atoms with Crippen molar-refractivity contribution in [3.63, 3.8) is 0 Å². The normalized spacial score (nSPS) is 34.8. The number of allylic oxidation sites excluding steroid dienone is 2. The Labute approximate surface area is 118 Å². The Morgan fingerprint density at radius 1 is 0.875 bits per heavy atom. The summed E-state index contributed by atoms with van der Waals surface area (Å²) in [7, 11) is 0. The van der Waals surface area contributed by atoms with Crippen LogP contribution in [0.2, 0.25) is 0 Å². The standard InChI is InChI=1S/C10H12O4.2Li/c11-9(12)7-5-1-2-6(4-3-5)8(7)10(13)14;;/h1-2,5-8H,3-4H2,(H,11,12)(H,13,14);;/q;2*+1/p-2. The van der Waals surface area contributed by atoms with Gasteiger partial charge in [0.1, 0.15) is 0 Å². The molecule has 0 amide bonds. The molecule has 4 unspecified atom stereocenters. The fraction of sp³-hybridized carbons (Fsp3) is 0.600. The van der Waals surface area contributed by atoms with Gasteiger partial charge in [-0.3, -0.25) is 0 Å². The number of rotatable bonds is 2. The third-order valence-corrected chi connectivity index (χ3v) is 3.29. The van der Waals surface area contributed by atoms with Crippen LogP contribution in [0.15, 0.2) is 12.2 Å². The molecule has 76 valence electrons. The molecule has 16 heavy (non-hydrogen) atoms. The first-order chi connectivity index (χ1) is 6.61. The number of carbonyl (C=O) groups is 2. The van der Waals surface area contributed by atoms with Crippen LogP contribution < -0.4 is 47.9 Å². The molecule has 4 atom stereocenters. The maximum atomic E-state index is 10.8. The molecule has 1 fully saturated rings. The molecule has 0 aromatic carbocycles. The Kier molecular flexibility index (Phi) is 5.94. The second-order valence-electron chi connectivity index (χ2n) is 3.98. The average molecular weight is 208 g/mol. The van der Waals surface area contributed by atoms with Crippen molar-refractivity contribution in [1.29, 1.82) is 0 Å². The number of carboxylic acids is 2. The maximum absolute atomic E-state index is 10.8. The van der Waals surface area contributed by atoms with Crippen LogP contribution in [0.5, 0.6) is 0 Å². The van der Waals surface area contributed by atoms with Gasteiger partial charge in [0.15, 0.2) is 0 Å². The molecule has 1 saturated carbocycles. The van der Waals surface area contributed by atoms with E-state index in [1.54, 1.807) is 12.2 Å². The van der Waals surface area contributed by atoms with Gasteiger partial charge in [-0.1, -0.05) is 12.2 Å². The van der Waals surface area contributed by atoms with Crippen LogP contribution in [0.1, 0.15) is 12.8 Å². The summed E-state index contributed by atoms with van der Waals surface area (Å²) in [6.45, 7) is 0. The molecule has 2 bridgehead atoms. The Balaban J connectivity index is 0.00000112. The van der Waals surface area contributed by atoms with Gasteiger partial charge in [-0.2, -0.15) is 0 Å². The Bertz CT molecular complexity index is 286. The minimum Gasteiger partial charge on any atom is -0.550 e. The van der Waals surface area contributed by atoms with E-state index in [-0.39, 0.29) is 49.6 Å². The van der Waals surface area contributed by atoms with Crippen molar-refractivity contribution in [2.24, 2.45) is 23.7 Å². The van der Waals surface area contributed by atoms with Crippen molar-refractivity contribution in [2.75, 3.05) is 0 Å². The number of hydrogen-bond acceptors (Lipinski definition) is 4. The maximum Gasteiger partial charge on any atom is 1.00 e. The van der Waals surface area contributed by atoms with Crippen LogP contribution in [0.3, 0.4) is 0 Å². The van der Waals surface area contributed by atoms with Crippen LogP contribution in [0.4, 0.5) is 0 Å². The third kappa shape index (κ3) is 2.58. The minimum atomic E-state index is -1.27. The smallest absolute Gasteiger partial charge is 0.550 e. The van der Waals surface area contributed by atoms with E-state index < -0.39 is 23.8 Å². The molecule has 3 aliphatic carbocycles. The molecule has 0 heterocycles. The van der Waals surface area contributed by atoms with E-state index >= 15 is 0 Å². The molecule has 0 aliphatic heterocycles. The summed E-state index contributed by atoms with van der Waals surface area (Å²) < 4.78 is 0. The first kappa shape index (κ1) is 15.9. The minimum absolute atomic E-state index is 0. The van der Waals surface area contributed by atoms with Crippen LogP contribution in [-0.4, -0.2) is 11.9 Å². The monoisotopic (exact) mass is 208 g/mol. The molecule has 0 saturated heterocycles. The van der Waals surface area contributed by atoms with Crippen LogP contribution >= 0.6 is 0 Å². The number of hydrogen-bond donors (Lipinski definition) is 0. The number of carbonyl (C=O) groups excluding carboxylic acids is 2. The van der Waals surface area contributed by atoms with Crippen LogP contribution in [0, 0.1) is 23.7 Å². The molecule has 3 rings (SSSR count). The molecule has 0 radical (unpaired) electrons. The SMILES string of the molecule is O=C([O-])C1C2C=CC(CC2)C1C(=O)[O-].[Li+].[Li+]. The van der Waals surface area contributed by atoms with E-state index in [1.165, 1.54) is 0 Å². The molecule has 3 aliphatic rings. The zero-order chi connectivity index (χ0) is 10.3. The summed E-state index contributed by atoms with van der Waals surface area (Å²) in [6.07, 6.45) is 5.08. The van der Waals surface area contributed by atoms with E-state index in [2.05, 4.69) is 0 Å². The first-order valence-electron chi connectivity index (χ1n) is 4.71. The summed E-state index contributed by atoms with van der Waals surface area (Å²) >= 11 is 0. The Morgan fingerprint density at radius 3 is 1.38 bits per heavy atom. The molecular weight excluding hydrogens is 198 g/mol. The van der Waals surface area contributed by atoms with E-state index in [4.69, 9.17) is 0 Å². The van der Waals surface area contributed by atoms with Crippen LogP contribution in [-0.2, 0) is 9.59 Å². The molecule has 4 nitrogen and oxygen atoms in total. The quantitative estimate of drug-likeness (QED) is 0.333. The topological polar surface area (TPSA) is 80.3 Å². The van der Waals surface area contributed by atoms with Gasteiger partial charge in [-0.15, -0.1) is 0 Å². The van der Waals surface area contributed by atoms with Gasteiger partial charge >= 0.3 is 37.7 Å². The van der Waals surface area contributed by atoms with Gasteiger partial charge in [0.05, 0.1) is 0 Å². The molecule has 0 aromatic rings. The number of aliphatic carboxylic acids is 2. The molecular formula is C10H10Li2O4. The zero-order valence-corrected chi connectivity index (χ0v) is 9.51. The second-order valence-corrected chi connectivity index (χ2v) is 3.98. The molecule has 6 heteroatoms. The van der Waals surface area contributed by atoms with Crippen molar-refractivity contribution in [3.05, 3.63) is 12.2 Å². The molecule has 0 aromatic heterocycles. The van der Waals surface area contributed by atoms with Crippen LogP contribution in [0.25, 0.3) is 0 Å². The Morgan fingerprint density at radius 2 is 1.19 bits per heavy atom. The summed E-state index contributed by atoms with van der Waals surface area (Å²) in [6, 6.07) is 0. The third-order valence-electron chi connectivity index (χ3n) is 3.29. The predicted octanol–water partition coefficient (Wildman–Crippen LogP) is -7.68. The van der Waals surface area contributed by atoms with Crippen molar-refractivity contribution >= 4 is 11.9 Å². The van der Waals surface area contributed by atoms with Gasteiger partial charge in [-0.25, -0.2) is 0 Å². The van der Waals surface area contributed by atoms with Crippen molar-refractivity contribution in [3.8, 4) is 0 Å². The van der Waals surface area contributed by atoms with Gasteiger partial charge < -0.3 is 19.8 Å². The fourth-order valence-electron chi connectivity index (χ4n) is 2.64. The van der Waals surface area contributed by atoms with Gasteiger partial charge in [0.2, 0.25) is 0 Å². The predicted molar refractivity (Wildman–Crippen MR) is 42.3 cm³/mol. The number of carboxylic acid groups (broad SMARTS) is 2. The first-order valence-corrected chi connectivity index (χ1v) is 4.71. The van der Waals surface area contributed by atoms with E-state index in [1.807, 2.05) is 0 Å². The molecule has 0 N–H and O–H groups in total.